The molecule has 0 amide bonds. The summed E-state index contributed by atoms with van der Waals surface area (Å²) in [7, 11) is 1.86. The Morgan fingerprint density at radius 3 is 2.88 bits per heavy atom. The first-order chi connectivity index (χ1) is 12.0. The second kappa shape index (κ2) is 7.47. The van der Waals surface area contributed by atoms with E-state index in [9.17, 15) is 4.79 Å². The molecule has 0 saturated heterocycles. The second-order valence-corrected chi connectivity index (χ2v) is 6.96. The molecular formula is C19H20BrN3O2. The lowest BCUT2D eigenvalue weighted by Gasteiger charge is -2.15. The van der Waals surface area contributed by atoms with Gasteiger partial charge in [-0.05, 0) is 48.9 Å². The molecule has 0 radical (unpaired) electrons. The Bertz CT molecular complexity index is 969. The van der Waals surface area contributed by atoms with Gasteiger partial charge in [0.25, 0.3) is 5.56 Å². The Labute approximate surface area is 154 Å². The summed E-state index contributed by atoms with van der Waals surface area (Å²) in [5.41, 5.74) is 4.44. The van der Waals surface area contributed by atoms with Crippen LogP contribution in [-0.4, -0.2) is 39.6 Å². The van der Waals surface area contributed by atoms with Crippen molar-refractivity contribution in [1.82, 2.24) is 14.3 Å². The molecule has 0 fully saturated rings. The highest BCUT2D eigenvalue weighted by Crippen LogP contribution is 2.28. The van der Waals surface area contributed by atoms with Gasteiger partial charge in [-0.25, -0.2) is 4.98 Å². The van der Waals surface area contributed by atoms with Gasteiger partial charge in [0.2, 0.25) is 0 Å². The number of halogens is 1. The molecule has 1 N–H and O–H groups in total. The van der Waals surface area contributed by atoms with Gasteiger partial charge < -0.3 is 5.11 Å². The molecule has 0 spiro atoms. The number of fused-ring (bicyclic) bond motifs is 1. The van der Waals surface area contributed by atoms with Crippen molar-refractivity contribution in [2.75, 3.05) is 20.2 Å². The smallest absolute Gasteiger partial charge is 0.262 e. The van der Waals surface area contributed by atoms with E-state index in [-0.39, 0.29) is 12.2 Å². The van der Waals surface area contributed by atoms with Crippen LogP contribution in [0.15, 0.2) is 52.0 Å². The molecule has 6 heteroatoms. The third-order valence-corrected chi connectivity index (χ3v) is 5.14. The number of aliphatic hydroxyl groups excluding tert-OH is 1. The standard InChI is InChI=1S/C19H20BrN3O2/c1-13-16(4-3-5-17(13)20)14-6-7-23-18(10-14)21-11-15(19(23)25)12-22(2)8-9-24/h3-7,10-11,24H,8-9,12H2,1-2H3. The zero-order valence-electron chi connectivity index (χ0n) is 14.2. The third-order valence-electron chi connectivity index (χ3n) is 4.28. The highest BCUT2D eigenvalue weighted by Gasteiger charge is 2.10. The number of hydrogen-bond donors (Lipinski definition) is 1. The Morgan fingerprint density at radius 2 is 2.12 bits per heavy atom. The van der Waals surface area contributed by atoms with Crippen LogP contribution in [0.25, 0.3) is 16.8 Å². The summed E-state index contributed by atoms with van der Waals surface area (Å²) in [4.78, 5) is 19.0. The van der Waals surface area contributed by atoms with Crippen molar-refractivity contribution in [2.45, 2.75) is 13.5 Å². The lowest BCUT2D eigenvalue weighted by Crippen LogP contribution is -2.27. The van der Waals surface area contributed by atoms with Crippen molar-refractivity contribution in [1.29, 1.82) is 0 Å². The van der Waals surface area contributed by atoms with Gasteiger partial charge in [0, 0.05) is 30.0 Å². The first kappa shape index (κ1) is 17.8. The number of benzene rings is 1. The number of rotatable bonds is 5. The predicted octanol–water partition coefficient (Wildman–Crippen LogP) is 2.86. The molecule has 0 bridgehead atoms. The van der Waals surface area contributed by atoms with Crippen molar-refractivity contribution >= 4 is 21.6 Å². The van der Waals surface area contributed by atoms with Crippen molar-refractivity contribution in [3.8, 4) is 11.1 Å². The number of likely N-dealkylation sites (N-methyl/N-ethyl adjacent to an activating group) is 1. The molecule has 0 saturated carbocycles. The summed E-state index contributed by atoms with van der Waals surface area (Å²) in [5, 5.41) is 8.99. The van der Waals surface area contributed by atoms with Gasteiger partial charge in [-0.2, -0.15) is 0 Å². The zero-order valence-corrected chi connectivity index (χ0v) is 15.8. The summed E-state index contributed by atoms with van der Waals surface area (Å²) in [6.45, 7) is 3.10. The lowest BCUT2D eigenvalue weighted by atomic mass is 10.0. The van der Waals surface area contributed by atoms with Gasteiger partial charge in [0.05, 0.1) is 12.2 Å². The van der Waals surface area contributed by atoms with E-state index in [0.717, 1.165) is 21.2 Å². The molecule has 3 rings (SSSR count). The fourth-order valence-corrected chi connectivity index (χ4v) is 3.22. The van der Waals surface area contributed by atoms with E-state index >= 15 is 0 Å². The average molecular weight is 402 g/mol. The van der Waals surface area contributed by atoms with Crippen LogP contribution in [0.1, 0.15) is 11.1 Å². The molecule has 2 aromatic heterocycles. The van der Waals surface area contributed by atoms with E-state index in [2.05, 4.69) is 33.9 Å². The molecule has 130 valence electrons. The molecule has 0 atom stereocenters. The fraction of sp³-hybridized carbons (Fsp3) is 0.263. The van der Waals surface area contributed by atoms with Crippen LogP contribution >= 0.6 is 15.9 Å². The molecule has 1 aromatic carbocycles. The zero-order chi connectivity index (χ0) is 18.0. The van der Waals surface area contributed by atoms with Crippen LogP contribution in [0, 0.1) is 6.92 Å². The normalized spacial score (nSPS) is 11.4. The van der Waals surface area contributed by atoms with Crippen LogP contribution in [0.4, 0.5) is 0 Å². The van der Waals surface area contributed by atoms with Crippen LogP contribution < -0.4 is 5.56 Å². The van der Waals surface area contributed by atoms with Gasteiger partial charge in [0.1, 0.15) is 5.65 Å². The Kier molecular flexibility index (Phi) is 5.32. The number of aliphatic hydroxyl groups is 1. The largest absolute Gasteiger partial charge is 0.395 e. The summed E-state index contributed by atoms with van der Waals surface area (Å²) >= 11 is 3.56. The van der Waals surface area contributed by atoms with Gasteiger partial charge in [-0.3, -0.25) is 14.1 Å². The highest BCUT2D eigenvalue weighted by molar-refractivity contribution is 9.10. The Hall–Kier alpha value is -2.02. The summed E-state index contributed by atoms with van der Waals surface area (Å²) < 4.78 is 2.62. The monoisotopic (exact) mass is 401 g/mol. The predicted molar refractivity (Wildman–Crippen MR) is 103 cm³/mol. The highest BCUT2D eigenvalue weighted by atomic mass is 79.9. The van der Waals surface area contributed by atoms with Gasteiger partial charge in [-0.1, -0.05) is 28.1 Å². The maximum Gasteiger partial charge on any atom is 0.262 e. The number of nitrogens with zero attached hydrogens (tertiary/aromatic N) is 3. The van der Waals surface area contributed by atoms with Crippen LogP contribution in [0.5, 0.6) is 0 Å². The molecule has 0 aliphatic carbocycles. The minimum absolute atomic E-state index is 0.0637. The van der Waals surface area contributed by atoms with E-state index in [1.54, 1.807) is 16.8 Å². The molecule has 2 heterocycles. The number of aromatic nitrogens is 2. The minimum atomic E-state index is -0.0766. The SMILES string of the molecule is Cc1c(Br)cccc1-c1ccn2c(=O)c(CN(C)CCO)cnc2c1. The summed E-state index contributed by atoms with van der Waals surface area (Å²) in [6.07, 6.45) is 3.40. The van der Waals surface area contributed by atoms with Crippen LogP contribution in [0.2, 0.25) is 0 Å². The van der Waals surface area contributed by atoms with E-state index in [4.69, 9.17) is 5.11 Å². The van der Waals surface area contributed by atoms with Crippen LogP contribution in [-0.2, 0) is 6.54 Å². The number of hydrogen-bond acceptors (Lipinski definition) is 4. The first-order valence-corrected chi connectivity index (χ1v) is 8.85. The van der Waals surface area contributed by atoms with E-state index in [1.807, 2.05) is 36.2 Å². The first-order valence-electron chi connectivity index (χ1n) is 8.06. The Morgan fingerprint density at radius 1 is 1.32 bits per heavy atom. The average Bonchev–Trinajstić information content (AvgIpc) is 2.60. The summed E-state index contributed by atoms with van der Waals surface area (Å²) in [6, 6.07) is 9.93. The number of pyridine rings is 1. The van der Waals surface area contributed by atoms with Crippen LogP contribution in [0.3, 0.4) is 0 Å². The second-order valence-electron chi connectivity index (χ2n) is 6.11. The van der Waals surface area contributed by atoms with Crippen molar-refractivity contribution in [2.24, 2.45) is 0 Å². The molecule has 0 aliphatic heterocycles. The van der Waals surface area contributed by atoms with Crippen molar-refractivity contribution in [3.05, 3.63) is 68.7 Å². The van der Waals surface area contributed by atoms with Crippen molar-refractivity contribution < 1.29 is 5.11 Å². The molecular weight excluding hydrogens is 382 g/mol. The maximum absolute atomic E-state index is 12.7. The van der Waals surface area contributed by atoms with Gasteiger partial charge >= 0.3 is 0 Å². The third kappa shape index (κ3) is 3.66. The minimum Gasteiger partial charge on any atom is -0.395 e. The quantitative estimate of drug-likeness (QED) is 0.713. The topological polar surface area (TPSA) is 57.8 Å². The molecule has 5 nitrogen and oxygen atoms in total. The van der Waals surface area contributed by atoms with Gasteiger partial charge in [-0.15, -0.1) is 0 Å². The molecule has 0 unspecified atom stereocenters. The van der Waals surface area contributed by atoms with E-state index < -0.39 is 0 Å². The van der Waals surface area contributed by atoms with E-state index in [0.29, 0.717) is 24.3 Å². The maximum atomic E-state index is 12.7. The van der Waals surface area contributed by atoms with Crippen molar-refractivity contribution in [3.63, 3.8) is 0 Å². The Balaban J connectivity index is 2.03. The molecule has 0 aliphatic rings. The fourth-order valence-electron chi connectivity index (χ4n) is 2.85. The summed E-state index contributed by atoms with van der Waals surface area (Å²) in [5.74, 6) is 0. The van der Waals surface area contributed by atoms with E-state index in [1.165, 1.54) is 0 Å². The molecule has 3 aromatic rings. The van der Waals surface area contributed by atoms with Gasteiger partial charge in [0.15, 0.2) is 0 Å². The lowest BCUT2D eigenvalue weighted by molar-refractivity contribution is 0.216. The molecule has 25 heavy (non-hydrogen) atoms.